The molecule has 2 aromatic carbocycles. The van der Waals surface area contributed by atoms with Crippen LogP contribution in [-0.2, 0) is 16.6 Å². The first-order valence-electron chi connectivity index (χ1n) is 7.09. The van der Waals surface area contributed by atoms with E-state index in [0.717, 1.165) is 17.7 Å². The maximum absolute atomic E-state index is 12.9. The number of rotatable bonds is 5. The number of benzene rings is 2. The lowest BCUT2D eigenvalue weighted by Gasteiger charge is -2.06. The lowest BCUT2D eigenvalue weighted by atomic mass is 10.2. The standard InChI is InChI=1S/C16H12BrF2N3O2S/c17-15-10-22(9-11-1-3-12(18)4-2-11)20-16(15)21-25(23,24)14-7-5-13(19)6-8-14/h1-8,10H,9H2,(H,20,21). The summed E-state index contributed by atoms with van der Waals surface area (Å²) < 4.78 is 54.8. The maximum atomic E-state index is 12.9. The number of anilines is 1. The number of nitrogens with zero attached hydrogens (tertiary/aromatic N) is 2. The molecular weight excluding hydrogens is 416 g/mol. The predicted molar refractivity (Wildman–Crippen MR) is 92.6 cm³/mol. The van der Waals surface area contributed by atoms with Crippen molar-refractivity contribution in [1.29, 1.82) is 0 Å². The minimum atomic E-state index is -3.89. The summed E-state index contributed by atoms with van der Waals surface area (Å²) >= 11 is 3.25. The summed E-state index contributed by atoms with van der Waals surface area (Å²) in [6, 6.07) is 10.4. The Bertz CT molecular complexity index is 987. The molecule has 5 nitrogen and oxygen atoms in total. The van der Waals surface area contributed by atoms with Gasteiger partial charge in [-0.15, -0.1) is 0 Å². The summed E-state index contributed by atoms with van der Waals surface area (Å²) in [4.78, 5) is -0.0751. The predicted octanol–water partition coefficient (Wildman–Crippen LogP) is 3.77. The van der Waals surface area contributed by atoms with E-state index in [2.05, 4.69) is 25.8 Å². The van der Waals surface area contributed by atoms with Gasteiger partial charge in [-0.2, -0.15) is 5.10 Å². The van der Waals surface area contributed by atoms with Crippen molar-refractivity contribution < 1.29 is 17.2 Å². The molecule has 1 aromatic heterocycles. The smallest absolute Gasteiger partial charge is 0.263 e. The van der Waals surface area contributed by atoms with E-state index in [-0.39, 0.29) is 16.5 Å². The number of nitrogens with one attached hydrogen (secondary N) is 1. The van der Waals surface area contributed by atoms with Crippen LogP contribution in [0.3, 0.4) is 0 Å². The van der Waals surface area contributed by atoms with Crippen molar-refractivity contribution in [3.05, 3.63) is 76.4 Å². The zero-order chi connectivity index (χ0) is 18.0. The van der Waals surface area contributed by atoms with Gasteiger partial charge >= 0.3 is 0 Å². The van der Waals surface area contributed by atoms with Crippen LogP contribution in [0.25, 0.3) is 0 Å². The zero-order valence-electron chi connectivity index (χ0n) is 12.7. The van der Waals surface area contributed by atoms with Gasteiger partial charge in [0, 0.05) is 6.20 Å². The molecule has 3 aromatic rings. The third kappa shape index (κ3) is 4.23. The molecule has 130 valence electrons. The molecule has 0 spiro atoms. The van der Waals surface area contributed by atoms with Crippen LogP contribution in [0.5, 0.6) is 0 Å². The normalized spacial score (nSPS) is 11.5. The average Bonchev–Trinajstić information content (AvgIpc) is 2.89. The largest absolute Gasteiger partial charge is 0.265 e. The van der Waals surface area contributed by atoms with E-state index in [1.54, 1.807) is 18.3 Å². The average molecular weight is 428 g/mol. The molecule has 1 heterocycles. The number of hydrogen-bond acceptors (Lipinski definition) is 3. The second-order valence-corrected chi connectivity index (χ2v) is 7.75. The topological polar surface area (TPSA) is 64.0 Å². The van der Waals surface area contributed by atoms with E-state index >= 15 is 0 Å². The monoisotopic (exact) mass is 427 g/mol. The molecule has 0 atom stereocenters. The van der Waals surface area contributed by atoms with Crippen LogP contribution in [0.2, 0.25) is 0 Å². The highest BCUT2D eigenvalue weighted by molar-refractivity contribution is 9.10. The van der Waals surface area contributed by atoms with Gasteiger partial charge in [-0.3, -0.25) is 9.40 Å². The fourth-order valence-electron chi connectivity index (χ4n) is 2.12. The van der Waals surface area contributed by atoms with Crippen LogP contribution in [-0.4, -0.2) is 18.2 Å². The lowest BCUT2D eigenvalue weighted by molar-refractivity contribution is 0.599. The van der Waals surface area contributed by atoms with Crippen LogP contribution in [0, 0.1) is 11.6 Å². The Balaban J connectivity index is 1.80. The molecule has 9 heteroatoms. The Hall–Kier alpha value is -2.26. The summed E-state index contributed by atoms with van der Waals surface area (Å²) in [5, 5.41) is 4.17. The molecule has 0 amide bonds. The molecule has 0 bridgehead atoms. The first-order chi connectivity index (χ1) is 11.8. The van der Waals surface area contributed by atoms with Crippen molar-refractivity contribution in [2.24, 2.45) is 0 Å². The van der Waals surface area contributed by atoms with Gasteiger partial charge in [0.15, 0.2) is 5.82 Å². The van der Waals surface area contributed by atoms with Crippen LogP contribution in [0.1, 0.15) is 5.56 Å². The van der Waals surface area contributed by atoms with Crippen molar-refractivity contribution in [1.82, 2.24) is 9.78 Å². The zero-order valence-corrected chi connectivity index (χ0v) is 15.1. The van der Waals surface area contributed by atoms with Gasteiger partial charge < -0.3 is 0 Å². The molecule has 1 N–H and O–H groups in total. The Morgan fingerprint density at radius 3 is 2.16 bits per heavy atom. The summed E-state index contributed by atoms with van der Waals surface area (Å²) in [6.07, 6.45) is 1.60. The van der Waals surface area contributed by atoms with Crippen molar-refractivity contribution in [3.63, 3.8) is 0 Å². The Morgan fingerprint density at radius 1 is 1.00 bits per heavy atom. The Labute approximate surface area is 151 Å². The van der Waals surface area contributed by atoms with Gasteiger partial charge in [0.05, 0.1) is 15.9 Å². The molecule has 0 aliphatic heterocycles. The summed E-state index contributed by atoms with van der Waals surface area (Å²) in [5.41, 5.74) is 0.810. The van der Waals surface area contributed by atoms with E-state index in [1.165, 1.54) is 28.9 Å². The van der Waals surface area contributed by atoms with Crippen LogP contribution >= 0.6 is 15.9 Å². The minimum absolute atomic E-state index is 0.0751. The van der Waals surface area contributed by atoms with E-state index in [9.17, 15) is 17.2 Å². The second kappa shape index (κ2) is 6.93. The van der Waals surface area contributed by atoms with E-state index in [0.29, 0.717) is 11.0 Å². The second-order valence-electron chi connectivity index (χ2n) is 5.21. The SMILES string of the molecule is O=S(=O)(Nc1nn(Cc2ccc(F)cc2)cc1Br)c1ccc(F)cc1. The molecule has 3 rings (SSSR count). The van der Waals surface area contributed by atoms with Gasteiger partial charge in [0.2, 0.25) is 0 Å². The van der Waals surface area contributed by atoms with Crippen LogP contribution in [0.4, 0.5) is 14.6 Å². The van der Waals surface area contributed by atoms with Crippen LogP contribution in [0.15, 0.2) is 64.1 Å². The number of aromatic nitrogens is 2. The minimum Gasteiger partial charge on any atom is -0.265 e. The molecule has 0 saturated carbocycles. The van der Waals surface area contributed by atoms with Crippen molar-refractivity contribution in [3.8, 4) is 0 Å². The van der Waals surface area contributed by atoms with Gasteiger partial charge in [-0.25, -0.2) is 17.2 Å². The fraction of sp³-hybridized carbons (Fsp3) is 0.0625. The fourth-order valence-corrected chi connectivity index (χ4v) is 3.69. The molecule has 0 fully saturated rings. The summed E-state index contributed by atoms with van der Waals surface area (Å²) in [6.45, 7) is 0.344. The van der Waals surface area contributed by atoms with E-state index < -0.39 is 15.8 Å². The molecule has 0 radical (unpaired) electrons. The molecular formula is C16H12BrF2N3O2S. The van der Waals surface area contributed by atoms with Gasteiger partial charge in [-0.1, -0.05) is 12.1 Å². The molecule has 0 aliphatic rings. The highest BCUT2D eigenvalue weighted by Crippen LogP contribution is 2.24. The highest BCUT2D eigenvalue weighted by Gasteiger charge is 2.18. The highest BCUT2D eigenvalue weighted by atomic mass is 79.9. The first-order valence-corrected chi connectivity index (χ1v) is 9.37. The number of hydrogen-bond donors (Lipinski definition) is 1. The molecule has 0 saturated heterocycles. The summed E-state index contributed by atoms with van der Waals surface area (Å²) in [7, 11) is -3.89. The number of halogens is 3. The van der Waals surface area contributed by atoms with Crippen LogP contribution < -0.4 is 4.72 Å². The summed E-state index contributed by atoms with van der Waals surface area (Å²) in [5.74, 6) is -0.756. The van der Waals surface area contributed by atoms with E-state index in [1.807, 2.05) is 0 Å². The lowest BCUT2D eigenvalue weighted by Crippen LogP contribution is -2.14. The van der Waals surface area contributed by atoms with Gasteiger partial charge in [-0.05, 0) is 57.9 Å². The van der Waals surface area contributed by atoms with Crippen molar-refractivity contribution in [2.45, 2.75) is 11.4 Å². The Kier molecular flexibility index (Phi) is 4.87. The Morgan fingerprint density at radius 2 is 1.56 bits per heavy atom. The van der Waals surface area contributed by atoms with Gasteiger partial charge in [0.1, 0.15) is 11.6 Å². The molecule has 0 unspecified atom stereocenters. The quantitative estimate of drug-likeness (QED) is 0.673. The van der Waals surface area contributed by atoms with Gasteiger partial charge in [0.25, 0.3) is 10.0 Å². The maximum Gasteiger partial charge on any atom is 0.263 e. The molecule has 0 aliphatic carbocycles. The first kappa shape index (κ1) is 17.6. The number of sulfonamides is 1. The third-order valence-corrected chi connectivity index (χ3v) is 5.27. The molecule has 25 heavy (non-hydrogen) atoms. The third-order valence-electron chi connectivity index (χ3n) is 3.33. The van der Waals surface area contributed by atoms with Crippen molar-refractivity contribution >= 4 is 31.8 Å². The van der Waals surface area contributed by atoms with Crippen molar-refractivity contribution in [2.75, 3.05) is 4.72 Å². The van der Waals surface area contributed by atoms with E-state index in [4.69, 9.17) is 0 Å².